The predicted molar refractivity (Wildman–Crippen MR) is 64.4 cm³/mol. The Morgan fingerprint density at radius 1 is 0.667 bits per heavy atom. The number of nitroso groups, excluding NO2 is 4. The van der Waals surface area contributed by atoms with Crippen molar-refractivity contribution in [3.63, 3.8) is 0 Å². The molecule has 2 N–H and O–H groups in total. The van der Waals surface area contributed by atoms with Gasteiger partial charge in [0, 0.05) is 11.4 Å². The molecule has 0 amide bonds. The Kier molecular flexibility index (Phi) is 4.97. The average molecular weight is 252 g/mol. The number of benzene rings is 1. The van der Waals surface area contributed by atoms with Crippen LogP contribution >= 0.6 is 0 Å². The molecule has 0 aromatic heterocycles. The summed E-state index contributed by atoms with van der Waals surface area (Å²) in [7, 11) is 0. The lowest BCUT2D eigenvalue weighted by Crippen LogP contribution is -2.13. The largest absolute Gasteiger partial charge is 0.340 e. The van der Waals surface area contributed by atoms with E-state index in [1.807, 2.05) is 0 Å². The van der Waals surface area contributed by atoms with Gasteiger partial charge in [0.25, 0.3) is 12.6 Å². The lowest BCUT2D eigenvalue weighted by Gasteiger charge is -2.08. The van der Waals surface area contributed by atoms with Crippen LogP contribution in [0.5, 0.6) is 0 Å². The number of anilines is 2. The second-order valence-electron chi connectivity index (χ2n) is 3.04. The Labute approximate surface area is 100 Å². The highest BCUT2D eigenvalue weighted by Gasteiger charge is 2.08. The summed E-state index contributed by atoms with van der Waals surface area (Å²) in [6.45, 7) is 0. The van der Waals surface area contributed by atoms with Crippen LogP contribution < -0.4 is 10.6 Å². The summed E-state index contributed by atoms with van der Waals surface area (Å²) in [5, 5.41) is 14.6. The molecule has 0 radical (unpaired) electrons. The zero-order valence-electron chi connectivity index (χ0n) is 8.89. The molecule has 0 spiro atoms. The van der Waals surface area contributed by atoms with Gasteiger partial charge < -0.3 is 10.6 Å². The topological polar surface area (TPSA) is 142 Å². The van der Waals surface area contributed by atoms with Gasteiger partial charge in [-0.15, -0.1) is 19.6 Å². The Bertz CT molecular complexity index is 379. The standard InChI is InChI=1S/C8H8N6O4/c15-11-7(12-16)9-5-1-2-6(4-3-5)10-8(13-17)14-18/h1-4,7-10H. The van der Waals surface area contributed by atoms with Crippen LogP contribution in [0.2, 0.25) is 0 Å². The van der Waals surface area contributed by atoms with Crippen molar-refractivity contribution in [3.05, 3.63) is 43.9 Å². The Balaban J connectivity index is 2.67. The maximum Gasteiger partial charge on any atom is 0.293 e. The van der Waals surface area contributed by atoms with Gasteiger partial charge in [0.05, 0.1) is 0 Å². The molecule has 0 unspecified atom stereocenters. The summed E-state index contributed by atoms with van der Waals surface area (Å²) in [5.74, 6) is 0. The third kappa shape index (κ3) is 3.66. The molecule has 1 rings (SSSR count). The van der Waals surface area contributed by atoms with E-state index in [1.54, 1.807) is 0 Å². The van der Waals surface area contributed by atoms with Crippen LogP contribution in [0.3, 0.4) is 0 Å². The molecule has 1 aromatic carbocycles. The fourth-order valence-electron chi connectivity index (χ4n) is 1.10. The third-order valence-electron chi connectivity index (χ3n) is 1.88. The van der Waals surface area contributed by atoms with Crippen LogP contribution in [0.4, 0.5) is 11.4 Å². The van der Waals surface area contributed by atoms with E-state index in [9.17, 15) is 19.6 Å². The van der Waals surface area contributed by atoms with Crippen LogP contribution in [0.1, 0.15) is 0 Å². The summed E-state index contributed by atoms with van der Waals surface area (Å²) in [5.41, 5.74) is 0.832. The third-order valence-corrected chi connectivity index (χ3v) is 1.88. The fourth-order valence-corrected chi connectivity index (χ4v) is 1.10. The molecule has 0 aliphatic rings. The van der Waals surface area contributed by atoms with Crippen molar-refractivity contribution in [2.45, 2.75) is 12.6 Å². The molecule has 0 aliphatic carbocycles. The van der Waals surface area contributed by atoms with E-state index in [4.69, 9.17) is 0 Å². The number of hydrogen-bond donors (Lipinski definition) is 2. The second kappa shape index (κ2) is 6.73. The molecule has 0 heterocycles. The zero-order chi connectivity index (χ0) is 13.4. The molecule has 1 aromatic rings. The maximum atomic E-state index is 10.1. The number of nitrogens with one attached hydrogen (secondary N) is 2. The normalized spacial score (nSPS) is 9.89. The molecule has 94 valence electrons. The van der Waals surface area contributed by atoms with Crippen molar-refractivity contribution in [3.8, 4) is 0 Å². The first-order chi connectivity index (χ1) is 8.73. The fraction of sp³-hybridized carbons (Fsp3) is 0.250. The van der Waals surface area contributed by atoms with Gasteiger partial charge in [-0.2, -0.15) is 0 Å². The van der Waals surface area contributed by atoms with Crippen molar-refractivity contribution in [1.29, 1.82) is 0 Å². The Hall–Kier alpha value is -2.78. The molecule has 0 fully saturated rings. The van der Waals surface area contributed by atoms with Gasteiger partial charge >= 0.3 is 0 Å². The first kappa shape index (κ1) is 13.3. The second-order valence-corrected chi connectivity index (χ2v) is 3.04. The molecule has 10 heteroatoms. The monoisotopic (exact) mass is 252 g/mol. The molecule has 0 aliphatic heterocycles. The highest BCUT2D eigenvalue weighted by Crippen LogP contribution is 2.16. The maximum absolute atomic E-state index is 10.1. The van der Waals surface area contributed by atoms with E-state index < -0.39 is 12.6 Å². The van der Waals surface area contributed by atoms with Crippen LogP contribution in [0.25, 0.3) is 0 Å². The molecule has 10 nitrogen and oxygen atoms in total. The van der Waals surface area contributed by atoms with Gasteiger partial charge in [-0.25, -0.2) is 0 Å². The summed E-state index contributed by atoms with van der Waals surface area (Å²) < 4.78 is 0. The van der Waals surface area contributed by atoms with Crippen molar-refractivity contribution < 1.29 is 0 Å². The lowest BCUT2D eigenvalue weighted by molar-refractivity contribution is 0.793. The van der Waals surface area contributed by atoms with E-state index in [0.29, 0.717) is 11.4 Å². The minimum Gasteiger partial charge on any atom is -0.340 e. The van der Waals surface area contributed by atoms with Gasteiger partial charge in [-0.05, 0) is 45.0 Å². The molecule has 0 bridgehead atoms. The molecular formula is C8H8N6O4. The highest BCUT2D eigenvalue weighted by atomic mass is 16.3. The first-order valence-electron chi connectivity index (χ1n) is 4.66. The van der Waals surface area contributed by atoms with Gasteiger partial charge in [0.1, 0.15) is 0 Å². The van der Waals surface area contributed by atoms with E-state index in [-0.39, 0.29) is 0 Å². The van der Waals surface area contributed by atoms with E-state index in [0.717, 1.165) is 0 Å². The summed E-state index contributed by atoms with van der Waals surface area (Å²) in [6, 6.07) is 5.94. The molecule has 0 saturated heterocycles. The minimum atomic E-state index is -1.41. The quantitative estimate of drug-likeness (QED) is 0.678. The van der Waals surface area contributed by atoms with Crippen LogP contribution in [-0.4, -0.2) is 12.6 Å². The minimum absolute atomic E-state index is 0.416. The lowest BCUT2D eigenvalue weighted by atomic mass is 10.3. The summed E-state index contributed by atoms with van der Waals surface area (Å²) in [6.07, 6.45) is -2.82. The van der Waals surface area contributed by atoms with E-state index >= 15 is 0 Å². The Morgan fingerprint density at radius 2 is 0.944 bits per heavy atom. The summed E-state index contributed by atoms with van der Waals surface area (Å²) >= 11 is 0. The number of nitrogens with zero attached hydrogens (tertiary/aromatic N) is 4. The van der Waals surface area contributed by atoms with Crippen molar-refractivity contribution in [2.75, 3.05) is 10.6 Å². The van der Waals surface area contributed by atoms with Crippen LogP contribution in [-0.2, 0) is 0 Å². The zero-order valence-corrected chi connectivity index (χ0v) is 8.89. The highest BCUT2D eigenvalue weighted by molar-refractivity contribution is 5.54. The molecule has 0 atom stereocenters. The number of rotatable bonds is 8. The Morgan fingerprint density at radius 3 is 1.17 bits per heavy atom. The van der Waals surface area contributed by atoms with Crippen LogP contribution in [0.15, 0.2) is 45.0 Å². The number of hydrogen-bond acceptors (Lipinski definition) is 10. The van der Waals surface area contributed by atoms with Gasteiger partial charge in [0.15, 0.2) is 0 Å². The van der Waals surface area contributed by atoms with Gasteiger partial charge in [0.2, 0.25) is 0 Å². The van der Waals surface area contributed by atoms with Gasteiger partial charge in [-0.1, -0.05) is 0 Å². The summed E-state index contributed by atoms with van der Waals surface area (Å²) in [4.78, 5) is 40.5. The van der Waals surface area contributed by atoms with Crippen molar-refractivity contribution in [1.82, 2.24) is 0 Å². The SMILES string of the molecule is O=NC(N=O)Nc1ccc(NC(N=O)N=O)cc1. The smallest absolute Gasteiger partial charge is 0.293 e. The van der Waals surface area contributed by atoms with Crippen molar-refractivity contribution >= 4 is 11.4 Å². The molecule has 0 saturated carbocycles. The molecule has 18 heavy (non-hydrogen) atoms. The first-order valence-corrected chi connectivity index (χ1v) is 4.66. The van der Waals surface area contributed by atoms with Gasteiger partial charge in [-0.3, -0.25) is 0 Å². The van der Waals surface area contributed by atoms with E-state index in [1.165, 1.54) is 24.3 Å². The van der Waals surface area contributed by atoms with Crippen LogP contribution in [0, 0.1) is 19.6 Å². The van der Waals surface area contributed by atoms with Crippen molar-refractivity contribution in [2.24, 2.45) is 20.7 Å². The predicted octanol–water partition coefficient (Wildman–Crippen LogP) is 2.14. The van der Waals surface area contributed by atoms with E-state index in [2.05, 4.69) is 31.3 Å². The molecular weight excluding hydrogens is 244 g/mol. The average Bonchev–Trinajstić information content (AvgIpc) is 2.43.